The Balaban J connectivity index is 1.34. The predicted octanol–water partition coefficient (Wildman–Crippen LogP) is 3.58. The van der Waals surface area contributed by atoms with Crippen LogP contribution >= 0.6 is 0 Å². The molecule has 3 heterocycles. The number of hydrogen-bond donors (Lipinski definition) is 1. The van der Waals surface area contributed by atoms with E-state index < -0.39 is 0 Å². The molecule has 0 radical (unpaired) electrons. The van der Waals surface area contributed by atoms with Crippen molar-refractivity contribution in [2.24, 2.45) is 0 Å². The van der Waals surface area contributed by atoms with Gasteiger partial charge in [-0.05, 0) is 49.2 Å². The lowest BCUT2D eigenvalue weighted by Crippen LogP contribution is -2.45. The molecule has 1 fully saturated rings. The molecule has 2 aliphatic heterocycles. The number of aliphatic hydroxyl groups excluding tert-OH is 1. The fourth-order valence-electron chi connectivity index (χ4n) is 5.16. The van der Waals surface area contributed by atoms with Gasteiger partial charge in [0.2, 0.25) is 0 Å². The van der Waals surface area contributed by atoms with Gasteiger partial charge in [-0.3, -0.25) is 9.88 Å². The van der Waals surface area contributed by atoms with Crippen LogP contribution in [0.4, 0.5) is 5.69 Å². The second-order valence-electron chi connectivity index (χ2n) is 8.21. The van der Waals surface area contributed by atoms with Gasteiger partial charge in [0.25, 0.3) is 0 Å². The zero-order chi connectivity index (χ0) is 19.0. The van der Waals surface area contributed by atoms with Crippen molar-refractivity contribution >= 4 is 16.6 Å². The lowest BCUT2D eigenvalue weighted by Gasteiger charge is -2.40. The highest BCUT2D eigenvalue weighted by molar-refractivity contribution is 5.81. The van der Waals surface area contributed by atoms with Crippen LogP contribution < -0.4 is 4.90 Å². The average molecular weight is 374 g/mol. The van der Waals surface area contributed by atoms with Gasteiger partial charge in [-0.25, -0.2) is 0 Å². The molecule has 1 saturated heterocycles. The van der Waals surface area contributed by atoms with Crippen molar-refractivity contribution < 1.29 is 5.11 Å². The van der Waals surface area contributed by atoms with Crippen molar-refractivity contribution in [1.82, 2.24) is 9.88 Å². The summed E-state index contributed by atoms with van der Waals surface area (Å²) in [6, 6.07) is 19.4. The molecular formula is C24H27N3O. The van der Waals surface area contributed by atoms with E-state index in [1.807, 2.05) is 12.3 Å². The number of hydrogen-bond acceptors (Lipinski definition) is 4. The van der Waals surface area contributed by atoms with E-state index in [0.29, 0.717) is 0 Å². The maximum Gasteiger partial charge on any atom is 0.0746 e. The van der Waals surface area contributed by atoms with E-state index in [4.69, 9.17) is 0 Å². The van der Waals surface area contributed by atoms with Crippen LogP contribution in [-0.4, -0.2) is 47.8 Å². The molecule has 4 heteroatoms. The van der Waals surface area contributed by atoms with E-state index in [1.165, 1.54) is 35.0 Å². The molecule has 0 unspecified atom stereocenters. The number of benzene rings is 2. The van der Waals surface area contributed by atoms with E-state index in [0.717, 1.165) is 38.2 Å². The van der Waals surface area contributed by atoms with E-state index in [2.05, 4.69) is 63.3 Å². The van der Waals surface area contributed by atoms with E-state index in [-0.39, 0.29) is 12.0 Å². The maximum atomic E-state index is 9.48. The summed E-state index contributed by atoms with van der Waals surface area (Å²) in [4.78, 5) is 9.57. The highest BCUT2D eigenvalue weighted by Gasteiger charge is 2.44. The van der Waals surface area contributed by atoms with E-state index >= 15 is 0 Å². The van der Waals surface area contributed by atoms with Crippen LogP contribution in [0.25, 0.3) is 10.9 Å². The summed E-state index contributed by atoms with van der Waals surface area (Å²) < 4.78 is 0. The third kappa shape index (κ3) is 2.97. The summed E-state index contributed by atoms with van der Waals surface area (Å²) in [5.41, 5.74) is 5.49. The topological polar surface area (TPSA) is 39.6 Å². The fourth-order valence-corrected chi connectivity index (χ4v) is 5.16. The first-order chi connectivity index (χ1) is 13.8. The van der Waals surface area contributed by atoms with Crippen molar-refractivity contribution in [3.8, 4) is 0 Å². The molecule has 1 aromatic heterocycles. The Morgan fingerprint density at radius 1 is 0.964 bits per heavy atom. The molecule has 0 saturated carbocycles. The molecule has 1 spiro atoms. The second kappa shape index (κ2) is 7.19. The summed E-state index contributed by atoms with van der Waals surface area (Å²) in [7, 11) is 0. The number of anilines is 1. The highest BCUT2D eigenvalue weighted by atomic mass is 16.3. The maximum absolute atomic E-state index is 9.48. The van der Waals surface area contributed by atoms with Crippen molar-refractivity contribution in [2.75, 3.05) is 37.7 Å². The van der Waals surface area contributed by atoms with E-state index in [9.17, 15) is 5.11 Å². The van der Waals surface area contributed by atoms with Crippen molar-refractivity contribution in [2.45, 2.75) is 24.8 Å². The number of piperidine rings is 1. The summed E-state index contributed by atoms with van der Waals surface area (Å²) >= 11 is 0. The minimum absolute atomic E-state index is 0.213. The van der Waals surface area contributed by atoms with Crippen LogP contribution in [0.1, 0.15) is 24.0 Å². The summed E-state index contributed by atoms with van der Waals surface area (Å²) in [6.45, 7) is 5.15. The monoisotopic (exact) mass is 373 g/mol. The van der Waals surface area contributed by atoms with Crippen LogP contribution in [-0.2, 0) is 12.0 Å². The Bertz CT molecular complexity index is 973. The first-order valence-electron chi connectivity index (χ1n) is 10.3. The van der Waals surface area contributed by atoms with Gasteiger partial charge in [0, 0.05) is 42.3 Å². The van der Waals surface area contributed by atoms with Crippen molar-refractivity contribution in [3.63, 3.8) is 0 Å². The van der Waals surface area contributed by atoms with Gasteiger partial charge in [0.15, 0.2) is 0 Å². The lowest BCUT2D eigenvalue weighted by atomic mass is 9.74. The number of para-hydroxylation sites is 2. The van der Waals surface area contributed by atoms with Gasteiger partial charge < -0.3 is 10.0 Å². The zero-order valence-electron chi connectivity index (χ0n) is 16.2. The number of pyridine rings is 1. The Kier molecular flexibility index (Phi) is 4.53. The number of fused-ring (bicyclic) bond motifs is 3. The molecule has 144 valence electrons. The standard InChI is InChI=1S/C24H27N3O/c28-16-15-27-18-24(21-8-1-2-9-22(21)27)10-13-26(14-11-24)17-20-6-3-5-19-7-4-12-25-23(19)20/h1-9,12,28H,10-11,13-18H2. The molecule has 5 rings (SSSR count). The molecule has 1 N–H and O–H groups in total. The summed E-state index contributed by atoms with van der Waals surface area (Å²) in [5.74, 6) is 0. The van der Waals surface area contributed by atoms with Gasteiger partial charge in [0.1, 0.15) is 0 Å². The molecule has 0 atom stereocenters. The molecule has 0 amide bonds. The zero-order valence-corrected chi connectivity index (χ0v) is 16.2. The third-order valence-corrected chi connectivity index (χ3v) is 6.60. The lowest BCUT2D eigenvalue weighted by molar-refractivity contribution is 0.159. The predicted molar refractivity (Wildman–Crippen MR) is 114 cm³/mol. The molecule has 2 aromatic carbocycles. The van der Waals surface area contributed by atoms with Gasteiger partial charge in [0.05, 0.1) is 12.1 Å². The SMILES string of the molecule is OCCN1CC2(CCN(Cc3cccc4cccnc34)CC2)c2ccccc21. The number of likely N-dealkylation sites (tertiary alicyclic amines) is 1. The Morgan fingerprint density at radius 2 is 1.79 bits per heavy atom. The Labute approximate surface area is 166 Å². The molecular weight excluding hydrogens is 346 g/mol. The number of aromatic nitrogens is 1. The smallest absolute Gasteiger partial charge is 0.0746 e. The normalized spacial score (nSPS) is 18.7. The molecule has 3 aromatic rings. The quantitative estimate of drug-likeness (QED) is 0.759. The largest absolute Gasteiger partial charge is 0.395 e. The second-order valence-corrected chi connectivity index (χ2v) is 8.21. The number of nitrogens with zero attached hydrogens (tertiary/aromatic N) is 3. The van der Waals surface area contributed by atoms with Crippen LogP contribution in [0.2, 0.25) is 0 Å². The molecule has 0 bridgehead atoms. The van der Waals surface area contributed by atoms with Crippen LogP contribution in [0, 0.1) is 0 Å². The Hall–Kier alpha value is -2.43. The number of rotatable bonds is 4. The van der Waals surface area contributed by atoms with E-state index in [1.54, 1.807) is 0 Å². The number of β-amino-alcohol motifs (C(OH)–C–C–N with tert-alkyl or cyclic N) is 1. The first-order valence-corrected chi connectivity index (χ1v) is 10.3. The van der Waals surface area contributed by atoms with Crippen LogP contribution in [0.5, 0.6) is 0 Å². The highest BCUT2D eigenvalue weighted by Crippen LogP contribution is 2.46. The van der Waals surface area contributed by atoms with Gasteiger partial charge in [-0.1, -0.05) is 42.5 Å². The van der Waals surface area contributed by atoms with Gasteiger partial charge in [-0.15, -0.1) is 0 Å². The van der Waals surface area contributed by atoms with Crippen molar-refractivity contribution in [3.05, 3.63) is 71.9 Å². The third-order valence-electron chi connectivity index (χ3n) is 6.60. The van der Waals surface area contributed by atoms with Crippen molar-refractivity contribution in [1.29, 1.82) is 0 Å². The van der Waals surface area contributed by atoms with Crippen LogP contribution in [0.3, 0.4) is 0 Å². The molecule has 4 nitrogen and oxygen atoms in total. The minimum Gasteiger partial charge on any atom is -0.395 e. The minimum atomic E-state index is 0.213. The van der Waals surface area contributed by atoms with Crippen LogP contribution in [0.15, 0.2) is 60.8 Å². The molecule has 28 heavy (non-hydrogen) atoms. The van der Waals surface area contributed by atoms with Gasteiger partial charge in [-0.2, -0.15) is 0 Å². The summed E-state index contributed by atoms with van der Waals surface area (Å²) in [6.07, 6.45) is 4.23. The number of aliphatic hydroxyl groups is 1. The summed E-state index contributed by atoms with van der Waals surface area (Å²) in [5, 5.41) is 10.7. The first kappa shape index (κ1) is 17.7. The molecule has 0 aliphatic carbocycles. The Morgan fingerprint density at radius 3 is 2.64 bits per heavy atom. The molecule has 2 aliphatic rings. The average Bonchev–Trinajstić information content (AvgIpc) is 3.04. The van der Waals surface area contributed by atoms with Gasteiger partial charge >= 0.3 is 0 Å². The fraction of sp³-hybridized carbons (Fsp3) is 0.375.